The van der Waals surface area contributed by atoms with Gasteiger partial charge in [-0.2, -0.15) is 0 Å². The van der Waals surface area contributed by atoms with E-state index in [0.29, 0.717) is 6.42 Å². The molecule has 10 heteroatoms. The van der Waals surface area contributed by atoms with E-state index in [2.05, 4.69) is 50.3 Å². The molecule has 0 saturated carbocycles. The first-order chi connectivity index (χ1) is 21.8. The zero-order chi connectivity index (χ0) is 33.3. The lowest BCUT2D eigenvalue weighted by Crippen LogP contribution is -2.29. The van der Waals surface area contributed by atoms with Crippen molar-refractivity contribution in [3.8, 4) is 0 Å². The molecular weight excluding hydrogens is 593 g/mol. The molecule has 9 nitrogen and oxygen atoms in total. The van der Waals surface area contributed by atoms with Crippen molar-refractivity contribution in [1.29, 1.82) is 0 Å². The molecule has 3 N–H and O–H groups in total. The van der Waals surface area contributed by atoms with Crippen LogP contribution in [0.25, 0.3) is 0 Å². The third-order valence-electron chi connectivity index (χ3n) is 7.04. The number of carbonyl (C=O) groups is 2. The maximum absolute atomic E-state index is 12.5. The number of nitrogens with two attached hydrogens (primary N) is 1. The highest BCUT2D eigenvalue weighted by Gasteiger charge is 2.25. The summed E-state index contributed by atoms with van der Waals surface area (Å²) in [7, 11) is -4.37. The van der Waals surface area contributed by atoms with Gasteiger partial charge in [0.05, 0.1) is 13.2 Å². The van der Waals surface area contributed by atoms with Gasteiger partial charge in [0.2, 0.25) is 0 Å². The van der Waals surface area contributed by atoms with Crippen LogP contribution in [0.2, 0.25) is 0 Å². The largest absolute Gasteiger partial charge is 0.472 e. The highest BCUT2D eigenvalue weighted by Crippen LogP contribution is 2.43. The zero-order valence-corrected chi connectivity index (χ0v) is 29.2. The van der Waals surface area contributed by atoms with E-state index >= 15 is 0 Å². The van der Waals surface area contributed by atoms with E-state index in [4.69, 9.17) is 24.3 Å². The molecule has 0 saturated heterocycles. The minimum Gasteiger partial charge on any atom is -0.462 e. The molecule has 0 radical (unpaired) electrons. The van der Waals surface area contributed by atoms with Crippen LogP contribution < -0.4 is 5.73 Å². The van der Waals surface area contributed by atoms with Gasteiger partial charge in [0, 0.05) is 19.4 Å². The molecule has 0 aliphatic carbocycles. The summed E-state index contributed by atoms with van der Waals surface area (Å²) in [5.74, 6) is -0.855. The van der Waals surface area contributed by atoms with Gasteiger partial charge in [-0.3, -0.25) is 18.6 Å². The molecule has 262 valence electrons. The Labute approximate surface area is 274 Å². The standard InChI is InChI=1S/C35H64NO8P/c1-3-5-7-9-11-13-14-15-16-17-18-20-22-24-26-28-35(38)44-33(32-43-45(39,40)42-30-29-36)31-41-34(37)27-25-23-21-19-12-10-8-6-4-2/h5,7,11,13,15-16,33H,3-4,6,8-10,12,14,17-32,36H2,1-2H3,(H,39,40)/b7-5-,13-11-,16-15-. The van der Waals surface area contributed by atoms with Crippen LogP contribution in [0.15, 0.2) is 36.5 Å². The highest BCUT2D eigenvalue weighted by molar-refractivity contribution is 7.47. The Morgan fingerprint density at radius 2 is 1.22 bits per heavy atom. The second kappa shape index (κ2) is 32.2. The number of hydrogen-bond donors (Lipinski definition) is 2. The Bertz CT molecular complexity index is 846. The summed E-state index contributed by atoms with van der Waals surface area (Å²) in [6.07, 6.45) is 31.8. The van der Waals surface area contributed by atoms with Crippen LogP contribution in [-0.4, -0.2) is 49.3 Å². The predicted octanol–water partition coefficient (Wildman–Crippen LogP) is 9.04. The molecule has 0 aliphatic heterocycles. The fourth-order valence-electron chi connectivity index (χ4n) is 4.47. The summed E-state index contributed by atoms with van der Waals surface area (Å²) >= 11 is 0. The van der Waals surface area contributed by atoms with E-state index in [-0.39, 0.29) is 32.6 Å². The molecule has 0 aromatic rings. The molecule has 0 rings (SSSR count). The second-order valence-electron chi connectivity index (χ2n) is 11.4. The molecule has 45 heavy (non-hydrogen) atoms. The topological polar surface area (TPSA) is 134 Å². The van der Waals surface area contributed by atoms with Gasteiger partial charge in [-0.1, -0.05) is 121 Å². The maximum Gasteiger partial charge on any atom is 0.472 e. The molecular formula is C35H64NO8P. The summed E-state index contributed by atoms with van der Waals surface area (Å²) < 4.78 is 32.5. The Hall–Kier alpha value is -1.77. The normalized spacial score (nSPS) is 14.0. The lowest BCUT2D eigenvalue weighted by atomic mass is 10.1. The van der Waals surface area contributed by atoms with Crippen molar-refractivity contribution in [3.05, 3.63) is 36.5 Å². The summed E-state index contributed by atoms with van der Waals surface area (Å²) in [6.45, 7) is 3.55. The van der Waals surface area contributed by atoms with Crippen molar-refractivity contribution in [2.45, 2.75) is 148 Å². The van der Waals surface area contributed by atoms with E-state index in [1.54, 1.807) is 0 Å². The quantitative estimate of drug-likeness (QED) is 0.0314. The minimum atomic E-state index is -4.37. The van der Waals surface area contributed by atoms with Crippen LogP contribution in [-0.2, 0) is 32.7 Å². The molecule has 0 amide bonds. The summed E-state index contributed by atoms with van der Waals surface area (Å²) in [5.41, 5.74) is 5.31. The molecule has 0 aliphatic rings. The lowest BCUT2D eigenvalue weighted by Gasteiger charge is -2.19. The van der Waals surface area contributed by atoms with Crippen molar-refractivity contribution in [2.24, 2.45) is 5.73 Å². The molecule has 0 heterocycles. The number of rotatable bonds is 32. The Kier molecular flexibility index (Phi) is 30.9. The fourth-order valence-corrected chi connectivity index (χ4v) is 5.24. The molecule has 0 bridgehead atoms. The summed E-state index contributed by atoms with van der Waals surface area (Å²) in [6, 6.07) is 0. The first-order valence-corrected chi connectivity index (χ1v) is 19.0. The van der Waals surface area contributed by atoms with Gasteiger partial charge in [-0.15, -0.1) is 0 Å². The smallest absolute Gasteiger partial charge is 0.462 e. The van der Waals surface area contributed by atoms with E-state index in [0.717, 1.165) is 70.6 Å². The number of hydrogen-bond acceptors (Lipinski definition) is 8. The number of esters is 2. The minimum absolute atomic E-state index is 0.0501. The molecule has 0 aromatic carbocycles. The first kappa shape index (κ1) is 43.2. The second-order valence-corrected chi connectivity index (χ2v) is 12.8. The molecule has 2 unspecified atom stereocenters. The summed E-state index contributed by atoms with van der Waals surface area (Å²) in [4.78, 5) is 34.5. The van der Waals surface area contributed by atoms with Crippen molar-refractivity contribution < 1.29 is 37.6 Å². The Morgan fingerprint density at radius 3 is 1.82 bits per heavy atom. The Morgan fingerprint density at radius 1 is 0.689 bits per heavy atom. The van der Waals surface area contributed by atoms with Crippen molar-refractivity contribution in [2.75, 3.05) is 26.4 Å². The third-order valence-corrected chi connectivity index (χ3v) is 8.02. The van der Waals surface area contributed by atoms with Gasteiger partial charge in [0.25, 0.3) is 0 Å². The maximum atomic E-state index is 12.5. The molecule has 0 aromatic heterocycles. The van der Waals surface area contributed by atoms with Crippen LogP contribution in [0.4, 0.5) is 0 Å². The highest BCUT2D eigenvalue weighted by atomic mass is 31.2. The average molecular weight is 658 g/mol. The van der Waals surface area contributed by atoms with Crippen molar-refractivity contribution in [1.82, 2.24) is 0 Å². The molecule has 0 spiro atoms. The van der Waals surface area contributed by atoms with Gasteiger partial charge in [-0.25, -0.2) is 4.57 Å². The predicted molar refractivity (Wildman–Crippen MR) is 183 cm³/mol. The van der Waals surface area contributed by atoms with Crippen LogP contribution in [0.3, 0.4) is 0 Å². The molecule has 2 atom stereocenters. The lowest BCUT2D eigenvalue weighted by molar-refractivity contribution is -0.161. The number of ether oxygens (including phenoxy) is 2. The van der Waals surface area contributed by atoms with Gasteiger partial charge < -0.3 is 20.1 Å². The number of unbranched alkanes of at least 4 members (excludes halogenated alkanes) is 13. The van der Waals surface area contributed by atoms with Crippen LogP contribution >= 0.6 is 7.82 Å². The number of phosphoric acid groups is 1. The third kappa shape index (κ3) is 32.0. The zero-order valence-electron chi connectivity index (χ0n) is 28.3. The van der Waals surface area contributed by atoms with E-state index < -0.39 is 32.5 Å². The first-order valence-electron chi connectivity index (χ1n) is 17.5. The van der Waals surface area contributed by atoms with E-state index in [1.807, 2.05) is 0 Å². The molecule has 0 fully saturated rings. The van der Waals surface area contributed by atoms with Crippen LogP contribution in [0.1, 0.15) is 142 Å². The van der Waals surface area contributed by atoms with Gasteiger partial charge in [0.15, 0.2) is 6.10 Å². The van der Waals surface area contributed by atoms with Crippen LogP contribution in [0, 0.1) is 0 Å². The average Bonchev–Trinajstić information content (AvgIpc) is 3.02. The number of carbonyl (C=O) groups excluding carboxylic acids is 2. The monoisotopic (exact) mass is 657 g/mol. The number of phosphoric ester groups is 1. The van der Waals surface area contributed by atoms with Gasteiger partial charge >= 0.3 is 19.8 Å². The SMILES string of the molecule is CC/C=C\C/C=C\C/C=C\CCCCCCCC(=O)OC(COC(=O)CCCCCCCCCCC)COP(=O)(O)OCCN. The Balaban J connectivity index is 4.29. The van der Waals surface area contributed by atoms with Crippen LogP contribution in [0.5, 0.6) is 0 Å². The van der Waals surface area contributed by atoms with E-state index in [9.17, 15) is 19.0 Å². The van der Waals surface area contributed by atoms with E-state index in [1.165, 1.54) is 38.5 Å². The van der Waals surface area contributed by atoms with Gasteiger partial charge in [0.1, 0.15) is 6.61 Å². The van der Waals surface area contributed by atoms with Crippen molar-refractivity contribution >= 4 is 19.8 Å². The van der Waals surface area contributed by atoms with Crippen molar-refractivity contribution in [3.63, 3.8) is 0 Å². The summed E-state index contributed by atoms with van der Waals surface area (Å²) in [5, 5.41) is 0. The van der Waals surface area contributed by atoms with Gasteiger partial charge in [-0.05, 0) is 44.9 Å². The fraction of sp³-hybridized carbons (Fsp3) is 0.771. The number of allylic oxidation sites excluding steroid dienone is 6.